The van der Waals surface area contributed by atoms with Gasteiger partial charge in [0.2, 0.25) is 0 Å². The van der Waals surface area contributed by atoms with Crippen LogP contribution in [0.15, 0.2) is 28.8 Å². The molecule has 1 saturated carbocycles. The molecule has 0 aromatic carbocycles. The Labute approximate surface area is 168 Å². The second-order valence-electron chi connectivity index (χ2n) is 6.71. The van der Waals surface area contributed by atoms with Crippen LogP contribution in [0.4, 0.5) is 0 Å². The molecule has 1 aliphatic carbocycles. The van der Waals surface area contributed by atoms with Crippen LogP contribution in [0.25, 0.3) is 0 Å². The van der Waals surface area contributed by atoms with Crippen molar-refractivity contribution in [1.82, 2.24) is 24.7 Å². The van der Waals surface area contributed by atoms with Gasteiger partial charge in [-0.05, 0) is 32.8 Å². The van der Waals surface area contributed by atoms with E-state index < -0.39 is 0 Å². The van der Waals surface area contributed by atoms with Gasteiger partial charge in [-0.15, -0.1) is 10.2 Å². The number of nitrogens with zero attached hydrogens (tertiary/aromatic N) is 5. The first kappa shape index (κ1) is 20.1. The van der Waals surface area contributed by atoms with E-state index in [2.05, 4.69) is 24.7 Å². The van der Waals surface area contributed by atoms with E-state index in [1.54, 1.807) is 30.2 Å². The summed E-state index contributed by atoms with van der Waals surface area (Å²) in [5.74, 6) is 1.60. The fourth-order valence-electron chi connectivity index (χ4n) is 3.12. The van der Waals surface area contributed by atoms with Crippen molar-refractivity contribution in [2.75, 3.05) is 5.75 Å². The normalized spacial score (nSPS) is 15.2. The summed E-state index contributed by atoms with van der Waals surface area (Å²) in [6.45, 7) is 3.71. The number of ether oxygens (including phenoxy) is 1. The van der Waals surface area contributed by atoms with Crippen LogP contribution < -0.4 is 0 Å². The first-order valence-electron chi connectivity index (χ1n) is 9.29. The number of hydrogen-bond donors (Lipinski definition) is 0. The quantitative estimate of drug-likeness (QED) is 0.370. The smallest absolute Gasteiger partial charge is 0.316 e. The van der Waals surface area contributed by atoms with E-state index in [0.717, 1.165) is 29.0 Å². The molecule has 0 unspecified atom stereocenters. The summed E-state index contributed by atoms with van der Waals surface area (Å²) in [6, 6.07) is 2.20. The van der Waals surface area contributed by atoms with Crippen LogP contribution in [0.5, 0.6) is 0 Å². The number of rotatable bonds is 8. The summed E-state index contributed by atoms with van der Waals surface area (Å²) in [4.78, 5) is 20.4. The van der Waals surface area contributed by atoms with Crippen molar-refractivity contribution >= 4 is 29.5 Å². The molecule has 2 aromatic rings. The van der Waals surface area contributed by atoms with Gasteiger partial charge in [-0.1, -0.05) is 42.8 Å². The van der Waals surface area contributed by atoms with Crippen LogP contribution in [-0.4, -0.2) is 42.6 Å². The van der Waals surface area contributed by atoms with Gasteiger partial charge in [0.05, 0.1) is 17.6 Å². The van der Waals surface area contributed by atoms with Gasteiger partial charge in [0.25, 0.3) is 0 Å². The molecule has 146 valence electrons. The first-order chi connectivity index (χ1) is 13.1. The number of thioether (sulfide) groups is 2. The average molecular weight is 408 g/mol. The monoisotopic (exact) mass is 407 g/mol. The van der Waals surface area contributed by atoms with E-state index in [9.17, 15) is 4.79 Å². The highest BCUT2D eigenvalue weighted by Crippen LogP contribution is 2.34. The number of aromatic nitrogens is 5. The van der Waals surface area contributed by atoms with E-state index in [-0.39, 0.29) is 17.8 Å². The van der Waals surface area contributed by atoms with E-state index >= 15 is 0 Å². The zero-order chi connectivity index (χ0) is 19.1. The Hall–Kier alpha value is -1.61. The maximum Gasteiger partial charge on any atom is 0.316 e. The second-order valence-corrected chi connectivity index (χ2v) is 8.59. The highest BCUT2D eigenvalue weighted by Gasteiger charge is 2.24. The molecule has 7 nitrogen and oxygen atoms in total. The Morgan fingerprint density at radius 1 is 1.19 bits per heavy atom. The Morgan fingerprint density at radius 3 is 2.63 bits per heavy atom. The minimum Gasteiger partial charge on any atom is -0.462 e. The fourth-order valence-corrected chi connectivity index (χ4v) is 4.65. The molecule has 0 saturated heterocycles. The third kappa shape index (κ3) is 5.93. The molecule has 0 atom stereocenters. The maximum absolute atomic E-state index is 11.9. The van der Waals surface area contributed by atoms with Crippen molar-refractivity contribution in [3.8, 4) is 0 Å². The lowest BCUT2D eigenvalue weighted by Crippen LogP contribution is -2.17. The van der Waals surface area contributed by atoms with Gasteiger partial charge < -0.3 is 9.30 Å². The van der Waals surface area contributed by atoms with Crippen molar-refractivity contribution in [1.29, 1.82) is 0 Å². The number of carbonyl (C=O) groups is 1. The Morgan fingerprint density at radius 2 is 1.93 bits per heavy atom. The van der Waals surface area contributed by atoms with Crippen LogP contribution in [0.1, 0.15) is 57.8 Å². The predicted molar refractivity (Wildman–Crippen MR) is 106 cm³/mol. The molecule has 3 rings (SSSR count). The summed E-state index contributed by atoms with van der Waals surface area (Å²) in [6.07, 6.45) is 9.35. The number of esters is 1. The van der Waals surface area contributed by atoms with E-state index in [0.29, 0.717) is 11.8 Å². The third-order valence-corrected chi connectivity index (χ3v) is 6.02. The largest absolute Gasteiger partial charge is 0.462 e. The molecule has 0 spiro atoms. The molecule has 0 radical (unpaired) electrons. The molecule has 27 heavy (non-hydrogen) atoms. The maximum atomic E-state index is 11.9. The third-order valence-electron chi connectivity index (χ3n) is 4.23. The molecule has 9 heteroatoms. The summed E-state index contributed by atoms with van der Waals surface area (Å²) in [5, 5.41) is 10.3. The highest BCUT2D eigenvalue weighted by atomic mass is 32.2. The number of hydrogen-bond acceptors (Lipinski definition) is 8. The molecular weight excluding hydrogens is 382 g/mol. The number of carbonyl (C=O) groups excluding carboxylic acids is 1. The van der Waals surface area contributed by atoms with Crippen LogP contribution in [0.3, 0.4) is 0 Å². The molecular formula is C18H25N5O2S2. The first-order valence-corrected chi connectivity index (χ1v) is 11.3. The van der Waals surface area contributed by atoms with E-state index in [4.69, 9.17) is 4.74 Å². The molecule has 0 bridgehead atoms. The minimum absolute atomic E-state index is 0.104. The van der Waals surface area contributed by atoms with Crippen molar-refractivity contribution in [2.24, 2.45) is 0 Å². The van der Waals surface area contributed by atoms with Crippen molar-refractivity contribution in [2.45, 2.75) is 74.2 Å². The van der Waals surface area contributed by atoms with Crippen LogP contribution in [-0.2, 0) is 15.3 Å². The molecule has 2 aromatic heterocycles. The lowest BCUT2D eigenvalue weighted by atomic mass is 9.95. The van der Waals surface area contributed by atoms with E-state index in [1.165, 1.54) is 31.0 Å². The standard InChI is InChI=1S/C18H25N5O2S2/c1-13(2)25-16(24)12-27-18-22-21-15(11-26-17-19-9-6-10-20-17)23(18)14-7-4-3-5-8-14/h6,9-10,13-14H,3-5,7-8,11-12H2,1-2H3. The van der Waals surface area contributed by atoms with Gasteiger partial charge >= 0.3 is 5.97 Å². The average Bonchev–Trinajstić information content (AvgIpc) is 3.08. The molecule has 1 fully saturated rings. The van der Waals surface area contributed by atoms with E-state index in [1.807, 2.05) is 13.8 Å². The Kier molecular flexibility index (Phi) is 7.51. The summed E-state index contributed by atoms with van der Waals surface area (Å²) < 4.78 is 7.46. The van der Waals surface area contributed by atoms with Crippen molar-refractivity contribution in [3.63, 3.8) is 0 Å². The summed E-state index contributed by atoms with van der Waals surface area (Å²) in [5.41, 5.74) is 0. The topological polar surface area (TPSA) is 82.8 Å². The molecule has 2 heterocycles. The summed E-state index contributed by atoms with van der Waals surface area (Å²) >= 11 is 2.96. The second kappa shape index (κ2) is 10.1. The van der Waals surface area contributed by atoms with Gasteiger partial charge in [0.15, 0.2) is 10.3 Å². The van der Waals surface area contributed by atoms with Crippen molar-refractivity contribution in [3.05, 3.63) is 24.3 Å². The predicted octanol–water partition coefficient (Wildman–Crippen LogP) is 3.91. The molecule has 0 aliphatic heterocycles. The minimum atomic E-state index is -0.221. The van der Waals surface area contributed by atoms with Gasteiger partial charge in [-0.25, -0.2) is 9.97 Å². The van der Waals surface area contributed by atoms with Gasteiger partial charge in [-0.2, -0.15) is 0 Å². The van der Waals surface area contributed by atoms with Gasteiger partial charge in [0.1, 0.15) is 5.82 Å². The van der Waals surface area contributed by atoms with Crippen LogP contribution >= 0.6 is 23.5 Å². The molecule has 0 N–H and O–H groups in total. The van der Waals surface area contributed by atoms with Crippen molar-refractivity contribution < 1.29 is 9.53 Å². The Bertz CT molecular complexity index is 733. The summed E-state index contributed by atoms with van der Waals surface area (Å²) in [7, 11) is 0. The molecule has 0 amide bonds. The van der Waals surface area contributed by atoms with Gasteiger partial charge in [0, 0.05) is 18.4 Å². The fraction of sp³-hybridized carbons (Fsp3) is 0.611. The highest BCUT2D eigenvalue weighted by molar-refractivity contribution is 7.99. The molecule has 1 aliphatic rings. The zero-order valence-electron chi connectivity index (χ0n) is 15.7. The SMILES string of the molecule is CC(C)OC(=O)CSc1nnc(CSc2ncccn2)n1C1CCCCC1. The van der Waals surface area contributed by atoms with Gasteiger partial charge in [-0.3, -0.25) is 4.79 Å². The van der Waals surface area contributed by atoms with Crippen LogP contribution in [0, 0.1) is 0 Å². The van der Waals surface area contributed by atoms with Crippen LogP contribution in [0.2, 0.25) is 0 Å². The zero-order valence-corrected chi connectivity index (χ0v) is 17.3. The lowest BCUT2D eigenvalue weighted by molar-refractivity contribution is -0.144. The lowest BCUT2D eigenvalue weighted by Gasteiger charge is -2.25. The Balaban J connectivity index is 1.72.